The Morgan fingerprint density at radius 3 is 2.50 bits per heavy atom. The Balaban J connectivity index is 1.85. The summed E-state index contributed by atoms with van der Waals surface area (Å²) in [5.74, 6) is -0.646. The van der Waals surface area contributed by atoms with Crippen LogP contribution in [0.2, 0.25) is 0 Å². The number of ether oxygens (including phenoxy) is 3. The highest BCUT2D eigenvalue weighted by molar-refractivity contribution is 9.09. The zero-order valence-corrected chi connectivity index (χ0v) is 14.1. The lowest BCUT2D eigenvalue weighted by Crippen LogP contribution is -2.71. The molecule has 1 saturated carbocycles. The van der Waals surface area contributed by atoms with Crippen LogP contribution in [0, 0.1) is 5.92 Å². The third kappa shape index (κ3) is 1.42. The van der Waals surface area contributed by atoms with Crippen LogP contribution in [0.15, 0.2) is 0 Å². The van der Waals surface area contributed by atoms with Gasteiger partial charge in [-0.15, -0.1) is 0 Å². The van der Waals surface area contributed by atoms with Gasteiger partial charge in [0, 0.05) is 23.6 Å². The average molecular weight is 347 g/mol. The summed E-state index contributed by atoms with van der Waals surface area (Å²) in [6, 6.07) is 0. The van der Waals surface area contributed by atoms with E-state index in [2.05, 4.69) is 43.6 Å². The molecule has 0 amide bonds. The summed E-state index contributed by atoms with van der Waals surface area (Å²) >= 11 is 3.74. The van der Waals surface area contributed by atoms with Gasteiger partial charge in [-0.25, -0.2) is 0 Å². The van der Waals surface area contributed by atoms with Gasteiger partial charge in [0.2, 0.25) is 0 Å². The number of hydrogen-bond donors (Lipinski definition) is 1. The number of alkyl halides is 1. The Hall–Kier alpha value is 0.320. The van der Waals surface area contributed by atoms with E-state index in [1.807, 2.05) is 0 Å². The summed E-state index contributed by atoms with van der Waals surface area (Å²) in [7, 11) is 0. The minimum absolute atomic E-state index is 0.0773. The highest BCUT2D eigenvalue weighted by Gasteiger charge is 2.76. The molecule has 4 rings (SSSR count). The Morgan fingerprint density at radius 2 is 1.80 bits per heavy atom. The molecule has 4 fully saturated rings. The van der Waals surface area contributed by atoms with E-state index >= 15 is 0 Å². The summed E-state index contributed by atoms with van der Waals surface area (Å²) in [4.78, 5) is 0.167. The number of hydrogen-bond acceptors (Lipinski definition) is 4. The number of aliphatic hydroxyl groups is 1. The van der Waals surface area contributed by atoms with Crippen LogP contribution in [0.4, 0.5) is 0 Å². The monoisotopic (exact) mass is 346 g/mol. The lowest BCUT2D eigenvalue weighted by molar-refractivity contribution is -0.372. The minimum atomic E-state index is -0.726. The summed E-state index contributed by atoms with van der Waals surface area (Å²) in [5.41, 5.74) is -1.28. The standard InChI is InChI=1S/C15H23BrO4/c1-12(2)10(16)7-15-14(4,19-12)8-5-11(18-15)13(3,20-15)6-9(8)17/h8-11,17H,5-7H2,1-4H3/t8-,9-,10+,11+,13-,14+,15+/m0/s1. The molecule has 4 aliphatic rings. The molecule has 0 aromatic heterocycles. The van der Waals surface area contributed by atoms with E-state index in [9.17, 15) is 5.11 Å². The Bertz CT molecular complexity index is 469. The van der Waals surface area contributed by atoms with Gasteiger partial charge < -0.3 is 19.3 Å². The maximum atomic E-state index is 10.6. The van der Waals surface area contributed by atoms with Crippen LogP contribution in [0.5, 0.6) is 0 Å². The van der Waals surface area contributed by atoms with Crippen molar-refractivity contribution >= 4 is 15.9 Å². The number of halogens is 1. The topological polar surface area (TPSA) is 47.9 Å². The molecule has 0 radical (unpaired) electrons. The molecule has 3 aliphatic heterocycles. The zero-order chi connectivity index (χ0) is 14.6. The average Bonchev–Trinajstić information content (AvgIpc) is 2.51. The van der Waals surface area contributed by atoms with Gasteiger partial charge in [-0.05, 0) is 34.1 Å². The van der Waals surface area contributed by atoms with Gasteiger partial charge >= 0.3 is 0 Å². The smallest absolute Gasteiger partial charge is 0.199 e. The van der Waals surface area contributed by atoms with Crippen molar-refractivity contribution in [2.24, 2.45) is 5.92 Å². The largest absolute Gasteiger partial charge is 0.393 e. The van der Waals surface area contributed by atoms with Crippen molar-refractivity contribution in [3.05, 3.63) is 0 Å². The fraction of sp³-hybridized carbons (Fsp3) is 1.00. The van der Waals surface area contributed by atoms with Crippen molar-refractivity contribution in [1.29, 1.82) is 0 Å². The molecule has 1 spiro atoms. The van der Waals surface area contributed by atoms with Crippen molar-refractivity contribution in [2.45, 2.75) is 86.6 Å². The molecule has 5 heteroatoms. The van der Waals surface area contributed by atoms with Crippen molar-refractivity contribution < 1.29 is 19.3 Å². The number of aliphatic hydroxyl groups excluding tert-OH is 1. The summed E-state index contributed by atoms with van der Waals surface area (Å²) in [5, 5.41) is 10.6. The van der Waals surface area contributed by atoms with Crippen LogP contribution in [0.25, 0.3) is 0 Å². The van der Waals surface area contributed by atoms with Crippen molar-refractivity contribution in [1.82, 2.24) is 0 Å². The van der Waals surface area contributed by atoms with Gasteiger partial charge in [-0.2, -0.15) is 0 Å². The van der Waals surface area contributed by atoms with Crippen molar-refractivity contribution in [3.63, 3.8) is 0 Å². The first-order chi connectivity index (χ1) is 9.12. The predicted octanol–water partition coefficient (Wildman–Crippen LogP) is 2.36. The first-order valence-electron chi connectivity index (χ1n) is 7.52. The van der Waals surface area contributed by atoms with Crippen LogP contribution < -0.4 is 0 Å². The van der Waals surface area contributed by atoms with Gasteiger partial charge in [-0.3, -0.25) is 0 Å². The van der Waals surface area contributed by atoms with Gasteiger partial charge in [0.15, 0.2) is 5.79 Å². The molecule has 1 N–H and O–H groups in total. The first-order valence-corrected chi connectivity index (χ1v) is 8.44. The Kier molecular flexibility index (Phi) is 2.52. The molecular formula is C15H23BrO4. The van der Waals surface area contributed by atoms with Crippen LogP contribution in [0.1, 0.15) is 47.0 Å². The third-order valence-corrected chi connectivity index (χ3v) is 7.53. The van der Waals surface area contributed by atoms with Crippen molar-refractivity contribution in [2.75, 3.05) is 0 Å². The molecule has 4 nitrogen and oxygen atoms in total. The van der Waals surface area contributed by atoms with E-state index < -0.39 is 11.4 Å². The fourth-order valence-corrected chi connectivity index (χ4v) is 5.39. The molecule has 3 saturated heterocycles. The highest BCUT2D eigenvalue weighted by Crippen LogP contribution is 2.65. The number of rotatable bonds is 0. The van der Waals surface area contributed by atoms with Crippen molar-refractivity contribution in [3.8, 4) is 0 Å². The summed E-state index contributed by atoms with van der Waals surface area (Å²) < 4.78 is 19.3. The summed E-state index contributed by atoms with van der Waals surface area (Å²) in [6.07, 6.45) is 1.91. The second-order valence-corrected chi connectivity index (χ2v) is 8.98. The normalized spacial score (nSPS) is 63.3. The van der Waals surface area contributed by atoms with E-state index in [1.165, 1.54) is 0 Å². The molecular weight excluding hydrogens is 324 g/mol. The highest BCUT2D eigenvalue weighted by atomic mass is 79.9. The van der Waals surface area contributed by atoms with E-state index in [-0.39, 0.29) is 34.2 Å². The lowest BCUT2D eigenvalue weighted by atomic mass is 9.64. The van der Waals surface area contributed by atoms with Crippen LogP contribution in [-0.2, 0) is 14.2 Å². The van der Waals surface area contributed by atoms with Gasteiger partial charge in [0.1, 0.15) is 5.60 Å². The molecule has 1 aliphatic carbocycles. The molecule has 3 bridgehead atoms. The predicted molar refractivity (Wildman–Crippen MR) is 76.7 cm³/mol. The lowest BCUT2D eigenvalue weighted by Gasteiger charge is -2.60. The Labute approximate surface area is 128 Å². The van der Waals surface area contributed by atoms with E-state index in [0.29, 0.717) is 6.42 Å². The molecule has 20 heavy (non-hydrogen) atoms. The first kappa shape index (κ1) is 13.9. The van der Waals surface area contributed by atoms with E-state index in [1.54, 1.807) is 0 Å². The molecule has 0 unspecified atom stereocenters. The fourth-order valence-electron chi connectivity index (χ4n) is 4.87. The second-order valence-electron chi connectivity index (χ2n) is 7.87. The SMILES string of the molecule is CC1(C)O[C@]2(C)[C@H]3C[C@H]4O[C@]2(C[C@H]1Br)O[C@@]4(C)C[C@@H]3O. The van der Waals surface area contributed by atoms with E-state index in [0.717, 1.165) is 12.8 Å². The van der Waals surface area contributed by atoms with Gasteiger partial charge in [-0.1, -0.05) is 15.9 Å². The molecule has 0 aromatic rings. The number of fused-ring (bicyclic) bond motifs is 2. The molecule has 114 valence electrons. The zero-order valence-electron chi connectivity index (χ0n) is 12.5. The summed E-state index contributed by atoms with van der Waals surface area (Å²) in [6.45, 7) is 8.31. The van der Waals surface area contributed by atoms with Crippen LogP contribution in [0.3, 0.4) is 0 Å². The maximum Gasteiger partial charge on any atom is 0.199 e. The third-order valence-electron chi connectivity index (χ3n) is 6.10. The maximum absolute atomic E-state index is 10.6. The van der Waals surface area contributed by atoms with Crippen LogP contribution in [-0.4, -0.2) is 44.7 Å². The van der Waals surface area contributed by atoms with Crippen LogP contribution >= 0.6 is 15.9 Å². The quantitative estimate of drug-likeness (QED) is 0.684. The van der Waals surface area contributed by atoms with Gasteiger partial charge in [0.05, 0.1) is 23.4 Å². The Morgan fingerprint density at radius 1 is 1.10 bits per heavy atom. The molecule has 0 aromatic carbocycles. The van der Waals surface area contributed by atoms with Gasteiger partial charge in [0.25, 0.3) is 0 Å². The molecule has 3 heterocycles. The molecule has 7 atom stereocenters. The second kappa shape index (κ2) is 3.62. The minimum Gasteiger partial charge on any atom is -0.393 e. The van der Waals surface area contributed by atoms with E-state index in [4.69, 9.17) is 14.2 Å².